The molecule has 5 heteroatoms. The van der Waals surface area contributed by atoms with Crippen molar-refractivity contribution in [1.82, 2.24) is 14.5 Å². The molecule has 1 aromatic heterocycles. The van der Waals surface area contributed by atoms with Gasteiger partial charge in [0.15, 0.2) is 0 Å². The minimum Gasteiger partial charge on any atom is -0.326 e. The quantitative estimate of drug-likeness (QED) is 0.915. The molecule has 0 aliphatic carbocycles. The molecule has 19 heavy (non-hydrogen) atoms. The van der Waals surface area contributed by atoms with Crippen LogP contribution in [0.25, 0.3) is 11.0 Å². The lowest BCUT2D eigenvalue weighted by atomic mass is 10.2. The zero-order valence-electron chi connectivity index (χ0n) is 11.7. The maximum atomic E-state index is 6.10. The van der Waals surface area contributed by atoms with Crippen molar-refractivity contribution < 1.29 is 0 Å². The maximum absolute atomic E-state index is 6.10. The molecule has 0 saturated carbocycles. The van der Waals surface area contributed by atoms with Crippen LogP contribution in [0.15, 0.2) is 18.2 Å². The number of imidazole rings is 1. The number of aromatic nitrogens is 2. The zero-order chi connectivity index (χ0) is 14.0. The zero-order valence-corrected chi connectivity index (χ0v) is 12.5. The van der Waals surface area contributed by atoms with Gasteiger partial charge in [-0.3, -0.25) is 0 Å². The molecule has 0 radical (unpaired) electrons. The van der Waals surface area contributed by atoms with Crippen LogP contribution in [-0.2, 0) is 13.1 Å². The second-order valence-corrected chi connectivity index (χ2v) is 5.61. The molecule has 0 aliphatic rings. The molecule has 104 valence electrons. The van der Waals surface area contributed by atoms with Gasteiger partial charge < -0.3 is 15.2 Å². The molecule has 0 aliphatic heterocycles. The first-order valence-corrected chi connectivity index (χ1v) is 6.94. The number of hydrogen-bond acceptors (Lipinski definition) is 3. The standard InChI is InChI=1S/C14H21ClN4/c1-4-11(16)8-19-13-6-5-10(15)7-12(13)17-14(19)9-18(2)3/h5-7,11H,4,8-9,16H2,1-3H3. The highest BCUT2D eigenvalue weighted by Gasteiger charge is 2.13. The van der Waals surface area contributed by atoms with Crippen LogP contribution in [-0.4, -0.2) is 34.6 Å². The Labute approximate surface area is 119 Å². The van der Waals surface area contributed by atoms with Gasteiger partial charge in [-0.05, 0) is 38.7 Å². The number of rotatable bonds is 5. The average molecular weight is 281 g/mol. The monoisotopic (exact) mass is 280 g/mol. The Hall–Kier alpha value is -1.10. The number of nitrogens with zero attached hydrogens (tertiary/aromatic N) is 3. The highest BCUT2D eigenvalue weighted by Crippen LogP contribution is 2.21. The van der Waals surface area contributed by atoms with Gasteiger partial charge in [-0.25, -0.2) is 4.98 Å². The van der Waals surface area contributed by atoms with Crippen LogP contribution in [0.4, 0.5) is 0 Å². The third-order valence-corrected chi connectivity index (χ3v) is 3.42. The van der Waals surface area contributed by atoms with Crippen molar-refractivity contribution in [2.24, 2.45) is 5.73 Å². The third-order valence-electron chi connectivity index (χ3n) is 3.19. The van der Waals surface area contributed by atoms with Gasteiger partial charge >= 0.3 is 0 Å². The van der Waals surface area contributed by atoms with E-state index in [1.165, 1.54) is 0 Å². The second kappa shape index (κ2) is 5.90. The van der Waals surface area contributed by atoms with E-state index in [-0.39, 0.29) is 6.04 Å². The van der Waals surface area contributed by atoms with Crippen molar-refractivity contribution >= 4 is 22.6 Å². The molecule has 0 bridgehead atoms. The molecule has 4 nitrogen and oxygen atoms in total. The van der Waals surface area contributed by atoms with Gasteiger partial charge in [-0.1, -0.05) is 18.5 Å². The summed E-state index contributed by atoms with van der Waals surface area (Å²) >= 11 is 6.03. The van der Waals surface area contributed by atoms with Crippen molar-refractivity contribution in [2.75, 3.05) is 14.1 Å². The Morgan fingerprint density at radius 3 is 2.79 bits per heavy atom. The van der Waals surface area contributed by atoms with Gasteiger partial charge in [0.05, 0.1) is 17.6 Å². The van der Waals surface area contributed by atoms with Gasteiger partial charge in [-0.15, -0.1) is 0 Å². The lowest BCUT2D eigenvalue weighted by molar-refractivity contribution is 0.377. The normalized spacial score (nSPS) is 13.4. The minimum atomic E-state index is 0.147. The van der Waals surface area contributed by atoms with Crippen LogP contribution in [0.5, 0.6) is 0 Å². The Morgan fingerprint density at radius 1 is 1.42 bits per heavy atom. The average Bonchev–Trinajstić information content (AvgIpc) is 2.65. The molecule has 0 saturated heterocycles. The summed E-state index contributed by atoms with van der Waals surface area (Å²) in [6.07, 6.45) is 0.953. The molecule has 2 rings (SSSR count). The predicted molar refractivity (Wildman–Crippen MR) is 80.4 cm³/mol. The summed E-state index contributed by atoms with van der Waals surface area (Å²) in [7, 11) is 4.08. The summed E-state index contributed by atoms with van der Waals surface area (Å²) in [4.78, 5) is 6.79. The maximum Gasteiger partial charge on any atom is 0.124 e. The van der Waals surface area contributed by atoms with Crippen molar-refractivity contribution in [3.05, 3.63) is 29.0 Å². The first-order chi connectivity index (χ1) is 9.01. The van der Waals surface area contributed by atoms with E-state index in [0.29, 0.717) is 5.02 Å². The van der Waals surface area contributed by atoms with Gasteiger partial charge in [0.25, 0.3) is 0 Å². The Kier molecular flexibility index (Phi) is 4.45. The van der Waals surface area contributed by atoms with Crippen LogP contribution in [0, 0.1) is 0 Å². The molecule has 0 fully saturated rings. The first-order valence-electron chi connectivity index (χ1n) is 6.56. The van der Waals surface area contributed by atoms with E-state index < -0.39 is 0 Å². The van der Waals surface area contributed by atoms with Crippen molar-refractivity contribution in [3.63, 3.8) is 0 Å². The summed E-state index contributed by atoms with van der Waals surface area (Å²) in [6, 6.07) is 5.98. The van der Waals surface area contributed by atoms with E-state index >= 15 is 0 Å². The van der Waals surface area contributed by atoms with Gasteiger partial charge in [-0.2, -0.15) is 0 Å². The molecular formula is C14H21ClN4. The van der Waals surface area contributed by atoms with E-state index in [9.17, 15) is 0 Å². The van der Waals surface area contributed by atoms with E-state index in [4.69, 9.17) is 17.3 Å². The molecule has 1 unspecified atom stereocenters. The van der Waals surface area contributed by atoms with E-state index in [0.717, 1.165) is 36.4 Å². The fraction of sp³-hybridized carbons (Fsp3) is 0.500. The van der Waals surface area contributed by atoms with Gasteiger partial charge in [0.2, 0.25) is 0 Å². The van der Waals surface area contributed by atoms with E-state index in [1.54, 1.807) is 0 Å². The van der Waals surface area contributed by atoms with E-state index in [2.05, 4.69) is 21.4 Å². The van der Waals surface area contributed by atoms with Crippen molar-refractivity contribution in [3.8, 4) is 0 Å². The van der Waals surface area contributed by atoms with Crippen LogP contribution in [0.1, 0.15) is 19.2 Å². The Morgan fingerprint density at radius 2 is 2.16 bits per heavy atom. The molecule has 2 N–H and O–H groups in total. The summed E-state index contributed by atoms with van der Waals surface area (Å²) in [5, 5.41) is 0.716. The summed E-state index contributed by atoms with van der Waals surface area (Å²) in [5.41, 5.74) is 8.14. The second-order valence-electron chi connectivity index (χ2n) is 5.18. The van der Waals surface area contributed by atoms with Crippen LogP contribution in [0.2, 0.25) is 5.02 Å². The number of hydrogen-bond donors (Lipinski definition) is 1. The van der Waals surface area contributed by atoms with Crippen LogP contribution in [0.3, 0.4) is 0 Å². The van der Waals surface area contributed by atoms with Gasteiger partial charge in [0.1, 0.15) is 5.82 Å². The minimum absolute atomic E-state index is 0.147. The topological polar surface area (TPSA) is 47.1 Å². The molecule has 2 aromatic rings. The third kappa shape index (κ3) is 3.26. The largest absolute Gasteiger partial charge is 0.326 e. The molecule has 0 amide bonds. The van der Waals surface area contributed by atoms with Crippen molar-refractivity contribution in [1.29, 1.82) is 0 Å². The summed E-state index contributed by atoms with van der Waals surface area (Å²) < 4.78 is 2.21. The Balaban J connectivity index is 2.48. The smallest absolute Gasteiger partial charge is 0.124 e. The van der Waals surface area contributed by atoms with E-state index in [1.807, 2.05) is 32.3 Å². The number of nitrogens with two attached hydrogens (primary N) is 1. The van der Waals surface area contributed by atoms with Crippen molar-refractivity contribution in [2.45, 2.75) is 32.5 Å². The lowest BCUT2D eigenvalue weighted by Gasteiger charge is -2.16. The van der Waals surface area contributed by atoms with Crippen LogP contribution >= 0.6 is 11.6 Å². The van der Waals surface area contributed by atoms with Gasteiger partial charge in [0, 0.05) is 17.6 Å². The highest BCUT2D eigenvalue weighted by molar-refractivity contribution is 6.31. The number of fused-ring (bicyclic) bond motifs is 1. The van der Waals surface area contributed by atoms with Crippen LogP contribution < -0.4 is 5.73 Å². The summed E-state index contributed by atoms with van der Waals surface area (Å²) in [6.45, 7) is 3.69. The lowest BCUT2D eigenvalue weighted by Crippen LogP contribution is -2.27. The molecule has 1 aromatic carbocycles. The highest BCUT2D eigenvalue weighted by atomic mass is 35.5. The molecular weight excluding hydrogens is 260 g/mol. The summed E-state index contributed by atoms with van der Waals surface area (Å²) in [5.74, 6) is 1.03. The number of benzene rings is 1. The first kappa shape index (κ1) is 14.3. The molecule has 1 atom stereocenters. The predicted octanol–water partition coefficient (Wildman–Crippen LogP) is 2.49. The Bertz CT molecular complexity index is 562. The number of halogens is 1. The SMILES string of the molecule is CCC(N)Cn1c(CN(C)C)nc2cc(Cl)ccc21. The fourth-order valence-corrected chi connectivity index (χ4v) is 2.29. The molecule has 1 heterocycles. The molecule has 0 spiro atoms. The fourth-order valence-electron chi connectivity index (χ4n) is 2.12.